The molecule has 1 N–H and O–H groups in total. The van der Waals surface area contributed by atoms with Crippen molar-refractivity contribution in [1.29, 1.82) is 0 Å². The van der Waals surface area contributed by atoms with E-state index < -0.39 is 0 Å². The van der Waals surface area contributed by atoms with E-state index >= 15 is 0 Å². The van der Waals surface area contributed by atoms with Crippen LogP contribution in [0.4, 0.5) is 0 Å². The van der Waals surface area contributed by atoms with Crippen LogP contribution in [-0.2, 0) is 4.79 Å². The van der Waals surface area contributed by atoms with Crippen LogP contribution in [0.1, 0.15) is 137 Å². The topological polar surface area (TPSA) is 29.1 Å². The van der Waals surface area contributed by atoms with Crippen LogP contribution in [0.5, 0.6) is 0 Å². The van der Waals surface area contributed by atoms with Gasteiger partial charge in [-0.05, 0) is 67.3 Å². The minimum atomic E-state index is -0.213. The summed E-state index contributed by atoms with van der Waals surface area (Å²) in [5.74, 6) is 2.11. The molecule has 0 radical (unpaired) electrons. The largest absolute Gasteiger partial charge is 0.356 e. The number of rotatable bonds is 13. The molecule has 0 unspecified atom stereocenters. The number of carbonyl (C=O) groups is 1. The molecule has 3 aliphatic rings. The van der Waals surface area contributed by atoms with Gasteiger partial charge in [-0.3, -0.25) is 4.79 Å². The lowest BCUT2D eigenvalue weighted by atomic mass is 9.46. The number of hydrogen-bond donors (Lipinski definition) is 1. The zero-order valence-corrected chi connectivity index (χ0v) is 23.3. The highest BCUT2D eigenvalue weighted by Gasteiger charge is 2.56. The molecule has 194 valence electrons. The van der Waals surface area contributed by atoms with Gasteiger partial charge in [0.05, 0.1) is 5.41 Å². The number of nitrogens with one attached hydrogen (secondary N) is 1. The van der Waals surface area contributed by atoms with Crippen molar-refractivity contribution in [3.05, 3.63) is 23.3 Å². The first-order valence-electron chi connectivity index (χ1n) is 15.0. The van der Waals surface area contributed by atoms with E-state index in [9.17, 15) is 4.79 Å². The molecule has 0 aromatic rings. The second kappa shape index (κ2) is 12.8. The van der Waals surface area contributed by atoms with Crippen molar-refractivity contribution in [2.45, 2.75) is 137 Å². The molecule has 3 aliphatic carbocycles. The van der Waals surface area contributed by atoms with Crippen molar-refractivity contribution in [2.24, 2.45) is 28.6 Å². The summed E-state index contributed by atoms with van der Waals surface area (Å²) >= 11 is 0. The average Bonchev–Trinajstić information content (AvgIpc) is 2.82. The summed E-state index contributed by atoms with van der Waals surface area (Å²) in [5.41, 5.74) is 3.27. The molecule has 0 heterocycles. The first-order chi connectivity index (χ1) is 16.3. The number of allylic oxidation sites excluding steroid dienone is 4. The molecule has 0 bridgehead atoms. The minimum Gasteiger partial charge on any atom is -0.356 e. The molecule has 0 aromatic heterocycles. The van der Waals surface area contributed by atoms with E-state index in [4.69, 9.17) is 0 Å². The third-order valence-corrected chi connectivity index (χ3v) is 9.91. The highest BCUT2D eigenvalue weighted by Crippen LogP contribution is 2.62. The Labute approximate surface area is 211 Å². The molecule has 34 heavy (non-hydrogen) atoms. The smallest absolute Gasteiger partial charge is 0.226 e. The summed E-state index contributed by atoms with van der Waals surface area (Å²) in [6.07, 6.45) is 25.6. The maximum Gasteiger partial charge on any atom is 0.226 e. The molecule has 4 atom stereocenters. The molecule has 0 aromatic carbocycles. The van der Waals surface area contributed by atoms with Gasteiger partial charge in [0.25, 0.3) is 0 Å². The van der Waals surface area contributed by atoms with Crippen molar-refractivity contribution in [3.63, 3.8) is 0 Å². The van der Waals surface area contributed by atoms with E-state index in [-0.39, 0.29) is 10.8 Å². The monoisotopic (exact) mass is 469 g/mol. The van der Waals surface area contributed by atoms with E-state index in [1.807, 2.05) is 0 Å². The summed E-state index contributed by atoms with van der Waals surface area (Å²) < 4.78 is 0. The number of fused-ring (bicyclic) bond motifs is 3. The van der Waals surface area contributed by atoms with Gasteiger partial charge in [-0.25, -0.2) is 0 Å². The van der Waals surface area contributed by atoms with Gasteiger partial charge in [0.1, 0.15) is 0 Å². The Hall–Kier alpha value is -1.05. The van der Waals surface area contributed by atoms with Crippen molar-refractivity contribution in [1.82, 2.24) is 5.32 Å². The molecule has 1 fully saturated rings. The zero-order valence-electron chi connectivity index (χ0n) is 23.3. The van der Waals surface area contributed by atoms with Gasteiger partial charge < -0.3 is 5.32 Å². The third-order valence-electron chi connectivity index (χ3n) is 9.91. The van der Waals surface area contributed by atoms with Gasteiger partial charge in [-0.2, -0.15) is 0 Å². The normalized spacial score (nSPS) is 30.9. The summed E-state index contributed by atoms with van der Waals surface area (Å²) in [6, 6.07) is 0. The lowest BCUT2D eigenvalue weighted by Gasteiger charge is -2.57. The SMILES string of the molecule is CCCCCCCCCCCCNC(=O)[C@]1(C)CCC[C@@]2(C)[C@H]1CC=C1C=C(C(C)C)CC[C@@H]12. The number of amides is 1. The number of carbonyl (C=O) groups excluding carboxylic acids is 1. The van der Waals surface area contributed by atoms with E-state index in [0.29, 0.717) is 23.7 Å². The Morgan fingerprint density at radius 2 is 1.65 bits per heavy atom. The van der Waals surface area contributed by atoms with Crippen molar-refractivity contribution in [2.75, 3.05) is 6.54 Å². The second-order valence-corrected chi connectivity index (χ2v) is 12.7. The van der Waals surface area contributed by atoms with Crippen LogP contribution in [0, 0.1) is 28.6 Å². The fourth-order valence-electron chi connectivity index (χ4n) is 7.63. The van der Waals surface area contributed by atoms with Crippen molar-refractivity contribution in [3.8, 4) is 0 Å². The van der Waals surface area contributed by atoms with Gasteiger partial charge in [-0.1, -0.05) is 117 Å². The Bertz CT molecular complexity index is 719. The molecule has 0 aliphatic heterocycles. The Kier molecular flexibility index (Phi) is 10.3. The van der Waals surface area contributed by atoms with E-state index in [2.05, 4.69) is 52.1 Å². The maximum atomic E-state index is 13.5. The van der Waals surface area contributed by atoms with E-state index in [0.717, 1.165) is 25.8 Å². The summed E-state index contributed by atoms with van der Waals surface area (Å²) in [5, 5.41) is 3.39. The molecule has 1 amide bonds. The molecule has 2 nitrogen and oxygen atoms in total. The highest BCUT2D eigenvalue weighted by molar-refractivity contribution is 5.83. The van der Waals surface area contributed by atoms with Crippen molar-refractivity contribution >= 4 is 5.91 Å². The minimum absolute atomic E-state index is 0.213. The van der Waals surface area contributed by atoms with Gasteiger partial charge in [0.2, 0.25) is 5.91 Å². The standard InChI is InChI=1S/C32H55NO/c1-6-7-8-9-10-11-12-13-14-15-23-33-30(34)32(5)22-16-21-31(4)28-19-17-26(25(2)3)24-27(28)18-20-29(31)32/h18,24-25,28-29H,6-17,19-23H2,1-5H3,(H,33,34)/t28-,29+,31+,32+/m0/s1. The molecule has 2 heteroatoms. The maximum absolute atomic E-state index is 13.5. The van der Waals surface area contributed by atoms with Gasteiger partial charge in [0, 0.05) is 6.54 Å². The van der Waals surface area contributed by atoms with Gasteiger partial charge in [-0.15, -0.1) is 0 Å². The Balaban J connectivity index is 1.47. The van der Waals surface area contributed by atoms with E-state index in [1.54, 1.807) is 11.1 Å². The van der Waals surface area contributed by atoms with E-state index in [1.165, 1.54) is 83.5 Å². The summed E-state index contributed by atoms with van der Waals surface area (Å²) in [7, 11) is 0. The number of hydrogen-bond acceptors (Lipinski definition) is 1. The average molecular weight is 470 g/mol. The lowest BCUT2D eigenvalue weighted by molar-refractivity contribution is -0.144. The van der Waals surface area contributed by atoms with Crippen LogP contribution in [0.25, 0.3) is 0 Å². The predicted molar refractivity (Wildman–Crippen MR) is 147 cm³/mol. The first kappa shape index (κ1) is 27.5. The quantitative estimate of drug-likeness (QED) is 0.268. The summed E-state index contributed by atoms with van der Waals surface area (Å²) in [4.78, 5) is 13.5. The Morgan fingerprint density at radius 1 is 1.00 bits per heavy atom. The molecular formula is C32H55NO. The molecule has 1 saturated carbocycles. The molecule has 0 spiro atoms. The van der Waals surface area contributed by atoms with Crippen molar-refractivity contribution < 1.29 is 4.79 Å². The van der Waals surface area contributed by atoms with Crippen LogP contribution in [0.2, 0.25) is 0 Å². The van der Waals surface area contributed by atoms with Gasteiger partial charge in [0.15, 0.2) is 0 Å². The van der Waals surface area contributed by atoms with Crippen LogP contribution in [0.3, 0.4) is 0 Å². The fraction of sp³-hybridized carbons (Fsp3) is 0.844. The first-order valence-corrected chi connectivity index (χ1v) is 15.0. The molecular weight excluding hydrogens is 414 g/mol. The van der Waals surface area contributed by atoms with Crippen LogP contribution in [-0.4, -0.2) is 12.5 Å². The summed E-state index contributed by atoms with van der Waals surface area (Å²) in [6.45, 7) is 12.6. The van der Waals surface area contributed by atoms with Gasteiger partial charge >= 0.3 is 0 Å². The number of unbranched alkanes of at least 4 members (excludes halogenated alkanes) is 9. The van der Waals surface area contributed by atoms with Crippen LogP contribution < -0.4 is 5.32 Å². The lowest BCUT2D eigenvalue weighted by Crippen LogP contribution is -2.55. The second-order valence-electron chi connectivity index (χ2n) is 12.7. The molecule has 3 rings (SSSR count). The molecule has 0 saturated heterocycles. The third kappa shape index (κ3) is 6.38. The fourth-order valence-corrected chi connectivity index (χ4v) is 7.63. The van der Waals surface area contributed by atoms with Crippen LogP contribution in [0.15, 0.2) is 23.3 Å². The zero-order chi connectivity index (χ0) is 24.6. The highest BCUT2D eigenvalue weighted by atomic mass is 16.2. The predicted octanol–water partition coefficient (Wildman–Crippen LogP) is 9.16. The van der Waals surface area contributed by atoms with Crippen LogP contribution >= 0.6 is 0 Å². The Morgan fingerprint density at radius 3 is 2.29 bits per heavy atom.